The third kappa shape index (κ3) is 6.35. The molecule has 2 rings (SSSR count). The minimum atomic E-state index is -0.951. The van der Waals surface area contributed by atoms with Crippen LogP contribution in [0.15, 0.2) is 53.0 Å². The van der Waals surface area contributed by atoms with Gasteiger partial charge in [0.25, 0.3) is 0 Å². The van der Waals surface area contributed by atoms with Crippen molar-refractivity contribution in [3.63, 3.8) is 0 Å². The third-order valence-electron chi connectivity index (χ3n) is 3.54. The van der Waals surface area contributed by atoms with Crippen LogP contribution in [0.2, 0.25) is 0 Å². The van der Waals surface area contributed by atoms with Gasteiger partial charge in [-0.05, 0) is 41.4 Å². The van der Waals surface area contributed by atoms with Gasteiger partial charge in [-0.25, -0.2) is 4.79 Å². The van der Waals surface area contributed by atoms with Crippen LogP contribution in [0.4, 0.5) is 4.79 Å². The molecule has 0 aliphatic heterocycles. The summed E-state index contributed by atoms with van der Waals surface area (Å²) >= 11 is 3.46. The summed E-state index contributed by atoms with van der Waals surface area (Å²) in [4.78, 5) is 13.7. The van der Waals surface area contributed by atoms with Gasteiger partial charge in [0.1, 0.15) is 19.0 Å². The average molecular weight is 422 g/mol. The highest BCUT2D eigenvalue weighted by Crippen LogP contribution is 2.30. The molecule has 0 heterocycles. The van der Waals surface area contributed by atoms with Crippen LogP contribution in [-0.2, 0) is 17.9 Å². The summed E-state index contributed by atoms with van der Waals surface area (Å²) in [6.45, 7) is 4.05. The van der Waals surface area contributed by atoms with Gasteiger partial charge in [0.2, 0.25) is 0 Å². The molecule has 0 saturated carbocycles. The Kier molecular flexibility index (Phi) is 7.06. The van der Waals surface area contributed by atoms with E-state index in [1.165, 1.54) is 4.90 Å². The summed E-state index contributed by atoms with van der Waals surface area (Å²) in [6.07, 6.45) is -0.415. The van der Waals surface area contributed by atoms with Crippen molar-refractivity contribution in [1.82, 2.24) is 4.90 Å². The molecule has 1 N–H and O–H groups in total. The number of para-hydroxylation sites is 1. The number of ether oxygens (including phenoxy) is 2. The minimum absolute atomic E-state index is 0.144. The SMILES string of the molecule is CN(Cc1cccc(Br)c1OCC(C)(C)O)C(=O)OCc1ccccc1. The van der Waals surface area contributed by atoms with E-state index in [1.807, 2.05) is 48.5 Å². The lowest BCUT2D eigenvalue weighted by Gasteiger charge is -2.22. The second kappa shape index (κ2) is 9.05. The number of carbonyl (C=O) groups is 1. The molecular formula is C20H24BrNO4. The van der Waals surface area contributed by atoms with E-state index >= 15 is 0 Å². The standard InChI is InChI=1S/C20H24BrNO4/c1-20(2,24)14-26-18-16(10-7-11-17(18)21)12-22(3)19(23)25-13-15-8-5-4-6-9-15/h4-11,24H,12-14H2,1-3H3. The van der Waals surface area contributed by atoms with Crippen molar-refractivity contribution >= 4 is 22.0 Å². The predicted octanol–water partition coefficient (Wildman–Crippen LogP) is 4.37. The molecule has 6 heteroatoms. The van der Waals surface area contributed by atoms with E-state index in [0.717, 1.165) is 15.6 Å². The van der Waals surface area contributed by atoms with Crippen molar-refractivity contribution in [3.8, 4) is 5.75 Å². The maximum atomic E-state index is 12.2. The van der Waals surface area contributed by atoms with Gasteiger partial charge in [-0.2, -0.15) is 0 Å². The maximum Gasteiger partial charge on any atom is 0.410 e. The number of aliphatic hydroxyl groups is 1. The van der Waals surface area contributed by atoms with Crippen LogP contribution in [0, 0.1) is 0 Å². The summed E-state index contributed by atoms with van der Waals surface area (Å²) in [5.74, 6) is 0.609. The summed E-state index contributed by atoms with van der Waals surface area (Å²) < 4.78 is 11.9. The number of nitrogens with zero attached hydrogens (tertiary/aromatic N) is 1. The lowest BCUT2D eigenvalue weighted by atomic mass is 10.1. The molecule has 0 unspecified atom stereocenters. The van der Waals surface area contributed by atoms with Crippen molar-refractivity contribution < 1.29 is 19.4 Å². The van der Waals surface area contributed by atoms with E-state index < -0.39 is 11.7 Å². The molecule has 2 aromatic carbocycles. The number of halogens is 1. The molecule has 0 aliphatic rings. The highest BCUT2D eigenvalue weighted by Gasteiger charge is 2.18. The van der Waals surface area contributed by atoms with Gasteiger partial charge < -0.3 is 19.5 Å². The third-order valence-corrected chi connectivity index (χ3v) is 4.17. The highest BCUT2D eigenvalue weighted by molar-refractivity contribution is 9.10. The van der Waals surface area contributed by atoms with Crippen LogP contribution in [0.3, 0.4) is 0 Å². The molecular weight excluding hydrogens is 398 g/mol. The van der Waals surface area contributed by atoms with Gasteiger partial charge in [0.15, 0.2) is 0 Å². The van der Waals surface area contributed by atoms with Crippen LogP contribution in [0.1, 0.15) is 25.0 Å². The van der Waals surface area contributed by atoms with Crippen molar-refractivity contribution in [2.75, 3.05) is 13.7 Å². The Morgan fingerprint density at radius 2 is 1.85 bits per heavy atom. The number of amides is 1. The number of benzene rings is 2. The van der Waals surface area contributed by atoms with Gasteiger partial charge in [-0.3, -0.25) is 0 Å². The molecule has 0 spiro atoms. The van der Waals surface area contributed by atoms with Crippen LogP contribution >= 0.6 is 15.9 Å². The molecule has 5 nitrogen and oxygen atoms in total. The minimum Gasteiger partial charge on any atom is -0.489 e. The first-order chi connectivity index (χ1) is 12.3. The van der Waals surface area contributed by atoms with E-state index in [9.17, 15) is 9.90 Å². The van der Waals surface area contributed by atoms with Gasteiger partial charge in [-0.1, -0.05) is 42.5 Å². The van der Waals surface area contributed by atoms with Crippen LogP contribution < -0.4 is 4.74 Å². The lowest BCUT2D eigenvalue weighted by Crippen LogP contribution is -2.29. The monoisotopic (exact) mass is 421 g/mol. The van der Waals surface area contributed by atoms with Crippen molar-refractivity contribution in [2.24, 2.45) is 0 Å². The Bertz CT molecular complexity index is 728. The number of rotatable bonds is 7. The topological polar surface area (TPSA) is 59.0 Å². The molecule has 26 heavy (non-hydrogen) atoms. The molecule has 0 aliphatic carbocycles. The highest BCUT2D eigenvalue weighted by atomic mass is 79.9. The Balaban J connectivity index is 2.00. The van der Waals surface area contributed by atoms with Crippen LogP contribution in [0.25, 0.3) is 0 Å². The zero-order valence-electron chi connectivity index (χ0n) is 15.2. The number of hydrogen-bond donors (Lipinski definition) is 1. The molecule has 1 amide bonds. The fourth-order valence-electron chi connectivity index (χ4n) is 2.24. The van der Waals surface area contributed by atoms with E-state index in [1.54, 1.807) is 20.9 Å². The van der Waals surface area contributed by atoms with Gasteiger partial charge in [0.05, 0.1) is 16.6 Å². The second-order valence-electron chi connectivity index (χ2n) is 6.73. The first-order valence-electron chi connectivity index (χ1n) is 8.30. The molecule has 0 bridgehead atoms. The quantitative estimate of drug-likeness (QED) is 0.720. The van der Waals surface area contributed by atoms with Crippen LogP contribution in [0.5, 0.6) is 5.75 Å². The normalized spacial score (nSPS) is 11.1. The number of carbonyl (C=O) groups excluding carboxylic acids is 1. The molecule has 2 aromatic rings. The maximum absolute atomic E-state index is 12.2. The van der Waals surface area contributed by atoms with Crippen molar-refractivity contribution in [1.29, 1.82) is 0 Å². The van der Waals surface area contributed by atoms with Crippen LogP contribution in [-0.4, -0.2) is 35.4 Å². The molecule has 0 aromatic heterocycles. The summed E-state index contributed by atoms with van der Waals surface area (Å²) in [7, 11) is 1.67. The Morgan fingerprint density at radius 1 is 1.15 bits per heavy atom. The fraction of sp³-hybridized carbons (Fsp3) is 0.350. The Labute approximate surface area is 162 Å². The summed E-state index contributed by atoms with van der Waals surface area (Å²) in [5.41, 5.74) is 0.807. The Morgan fingerprint density at radius 3 is 2.50 bits per heavy atom. The Hall–Kier alpha value is -2.05. The zero-order valence-corrected chi connectivity index (χ0v) is 16.8. The first kappa shape index (κ1) is 20.3. The number of hydrogen-bond acceptors (Lipinski definition) is 4. The fourth-order valence-corrected chi connectivity index (χ4v) is 2.76. The van der Waals surface area contributed by atoms with Crippen molar-refractivity contribution in [3.05, 3.63) is 64.1 Å². The van der Waals surface area contributed by atoms with E-state index in [-0.39, 0.29) is 13.2 Å². The van der Waals surface area contributed by atoms with E-state index in [4.69, 9.17) is 9.47 Å². The van der Waals surface area contributed by atoms with Gasteiger partial charge >= 0.3 is 6.09 Å². The van der Waals surface area contributed by atoms with Gasteiger partial charge in [0, 0.05) is 12.6 Å². The zero-order chi connectivity index (χ0) is 19.2. The lowest BCUT2D eigenvalue weighted by molar-refractivity contribution is 0.0276. The smallest absolute Gasteiger partial charge is 0.410 e. The summed E-state index contributed by atoms with van der Waals surface area (Å²) in [6, 6.07) is 15.2. The molecule has 140 valence electrons. The molecule has 0 radical (unpaired) electrons. The first-order valence-corrected chi connectivity index (χ1v) is 9.10. The van der Waals surface area contributed by atoms with Gasteiger partial charge in [-0.15, -0.1) is 0 Å². The second-order valence-corrected chi connectivity index (χ2v) is 7.58. The van der Waals surface area contributed by atoms with E-state index in [2.05, 4.69) is 15.9 Å². The van der Waals surface area contributed by atoms with E-state index in [0.29, 0.717) is 12.3 Å². The average Bonchev–Trinajstić information content (AvgIpc) is 2.59. The molecule has 0 saturated heterocycles. The molecule has 0 fully saturated rings. The van der Waals surface area contributed by atoms with Crippen molar-refractivity contribution in [2.45, 2.75) is 32.6 Å². The molecule has 0 atom stereocenters. The summed E-state index contributed by atoms with van der Waals surface area (Å²) in [5, 5.41) is 9.88. The largest absolute Gasteiger partial charge is 0.489 e. The predicted molar refractivity (Wildman–Crippen MR) is 104 cm³/mol.